The average Bonchev–Trinajstić information content (AvgIpc) is 2.50. The summed E-state index contributed by atoms with van der Waals surface area (Å²) in [5.41, 5.74) is 1.72. The highest BCUT2D eigenvalue weighted by Crippen LogP contribution is 2.31. The first-order valence-corrected chi connectivity index (χ1v) is 6.04. The van der Waals surface area contributed by atoms with Gasteiger partial charge in [-0.05, 0) is 37.8 Å². The summed E-state index contributed by atoms with van der Waals surface area (Å²) in [6.07, 6.45) is 2.12. The van der Waals surface area contributed by atoms with Crippen LogP contribution in [0.3, 0.4) is 0 Å². The predicted molar refractivity (Wildman–Crippen MR) is 64.3 cm³/mol. The van der Waals surface area contributed by atoms with Gasteiger partial charge in [0.25, 0.3) is 5.09 Å². The summed E-state index contributed by atoms with van der Waals surface area (Å²) < 4.78 is 0. The highest BCUT2D eigenvalue weighted by molar-refractivity contribution is 5.89. The van der Waals surface area contributed by atoms with E-state index in [4.69, 9.17) is 5.11 Å². The molecule has 1 unspecified atom stereocenters. The molecule has 0 saturated carbocycles. The molecule has 1 aliphatic rings. The second-order valence-electron chi connectivity index (χ2n) is 4.53. The zero-order valence-corrected chi connectivity index (χ0v) is 10.5. The SMILES string of the molecule is Cc1nc2c(cc1C(=O)O)CCCCC2O[N+](=O)[O-]. The van der Waals surface area contributed by atoms with Crippen molar-refractivity contribution in [1.82, 2.24) is 4.98 Å². The molecule has 0 bridgehead atoms. The average molecular weight is 266 g/mol. The zero-order chi connectivity index (χ0) is 14.0. The van der Waals surface area contributed by atoms with Gasteiger partial charge in [0.1, 0.15) is 6.10 Å². The molecule has 0 aliphatic heterocycles. The van der Waals surface area contributed by atoms with Gasteiger partial charge in [-0.1, -0.05) is 6.42 Å². The minimum atomic E-state index is -1.04. The third kappa shape index (κ3) is 2.81. The lowest BCUT2D eigenvalue weighted by Crippen LogP contribution is -2.14. The van der Waals surface area contributed by atoms with Crippen molar-refractivity contribution < 1.29 is 19.8 Å². The number of carboxylic acids is 1. The number of carboxylic acid groups (broad SMARTS) is 1. The summed E-state index contributed by atoms with van der Waals surface area (Å²) in [7, 11) is 0. The van der Waals surface area contributed by atoms with Crippen LogP contribution in [0.4, 0.5) is 0 Å². The Morgan fingerprint density at radius 3 is 2.95 bits per heavy atom. The number of aromatic carboxylic acids is 1. The van der Waals surface area contributed by atoms with E-state index in [1.54, 1.807) is 13.0 Å². The number of nitrogens with zero attached hydrogens (tertiary/aromatic N) is 2. The van der Waals surface area contributed by atoms with Crippen LogP contribution in [-0.4, -0.2) is 21.1 Å². The van der Waals surface area contributed by atoms with Gasteiger partial charge in [-0.15, -0.1) is 10.1 Å². The molecule has 7 nitrogen and oxygen atoms in total. The summed E-state index contributed by atoms with van der Waals surface area (Å²) in [4.78, 5) is 30.5. The lowest BCUT2D eigenvalue weighted by Gasteiger charge is -2.16. The molecule has 19 heavy (non-hydrogen) atoms. The number of carbonyl (C=O) groups is 1. The van der Waals surface area contributed by atoms with Crippen molar-refractivity contribution in [1.29, 1.82) is 0 Å². The third-order valence-electron chi connectivity index (χ3n) is 3.24. The summed E-state index contributed by atoms with van der Waals surface area (Å²) in [5, 5.41) is 18.8. The molecular weight excluding hydrogens is 252 g/mol. The van der Waals surface area contributed by atoms with E-state index in [0.29, 0.717) is 24.2 Å². The first-order chi connectivity index (χ1) is 8.99. The van der Waals surface area contributed by atoms with Crippen molar-refractivity contribution in [2.24, 2.45) is 0 Å². The Hall–Kier alpha value is -2.18. The molecule has 1 heterocycles. The molecule has 1 aliphatic carbocycles. The minimum absolute atomic E-state index is 0.139. The second kappa shape index (κ2) is 5.21. The van der Waals surface area contributed by atoms with Crippen molar-refractivity contribution in [3.8, 4) is 0 Å². The van der Waals surface area contributed by atoms with Gasteiger partial charge < -0.3 is 9.94 Å². The summed E-state index contributed by atoms with van der Waals surface area (Å²) in [6.45, 7) is 1.58. The number of pyridine rings is 1. The van der Waals surface area contributed by atoms with E-state index < -0.39 is 17.2 Å². The summed E-state index contributed by atoms with van der Waals surface area (Å²) >= 11 is 0. The summed E-state index contributed by atoms with van der Waals surface area (Å²) in [5.74, 6) is -1.04. The highest BCUT2D eigenvalue weighted by Gasteiger charge is 2.25. The van der Waals surface area contributed by atoms with Crippen LogP contribution in [0.1, 0.15) is 52.7 Å². The van der Waals surface area contributed by atoms with Gasteiger partial charge in [-0.3, -0.25) is 4.98 Å². The maximum Gasteiger partial charge on any atom is 0.337 e. The molecule has 0 radical (unpaired) electrons. The Morgan fingerprint density at radius 1 is 1.58 bits per heavy atom. The molecule has 0 saturated heterocycles. The van der Waals surface area contributed by atoms with Gasteiger partial charge in [0.15, 0.2) is 0 Å². The summed E-state index contributed by atoms with van der Waals surface area (Å²) in [6, 6.07) is 1.56. The van der Waals surface area contributed by atoms with Crippen LogP contribution >= 0.6 is 0 Å². The topological polar surface area (TPSA) is 103 Å². The number of aromatic nitrogens is 1. The number of aryl methyl sites for hydroxylation is 2. The van der Waals surface area contributed by atoms with Crippen LogP contribution in [0.25, 0.3) is 0 Å². The van der Waals surface area contributed by atoms with Crippen LogP contribution in [-0.2, 0) is 11.3 Å². The fourth-order valence-electron chi connectivity index (χ4n) is 2.35. The van der Waals surface area contributed by atoms with E-state index in [1.807, 2.05) is 0 Å². The Kier molecular flexibility index (Phi) is 3.64. The van der Waals surface area contributed by atoms with Gasteiger partial charge >= 0.3 is 5.97 Å². The van der Waals surface area contributed by atoms with Gasteiger partial charge in [-0.25, -0.2) is 4.79 Å². The molecule has 0 fully saturated rings. The van der Waals surface area contributed by atoms with Crippen LogP contribution in [0, 0.1) is 17.0 Å². The molecule has 1 N–H and O–H groups in total. The fraction of sp³-hybridized carbons (Fsp3) is 0.500. The molecule has 2 rings (SSSR count). The zero-order valence-electron chi connectivity index (χ0n) is 10.5. The maximum absolute atomic E-state index is 11.1. The quantitative estimate of drug-likeness (QED) is 0.510. The molecule has 102 valence electrons. The highest BCUT2D eigenvalue weighted by atomic mass is 17.0. The van der Waals surface area contributed by atoms with Crippen LogP contribution in [0.2, 0.25) is 0 Å². The largest absolute Gasteiger partial charge is 0.478 e. The van der Waals surface area contributed by atoms with E-state index in [9.17, 15) is 14.9 Å². The Bertz CT molecular complexity index is 529. The monoisotopic (exact) mass is 266 g/mol. The normalized spacial score (nSPS) is 18.3. The molecule has 0 amide bonds. The fourth-order valence-corrected chi connectivity index (χ4v) is 2.35. The van der Waals surface area contributed by atoms with E-state index in [2.05, 4.69) is 9.82 Å². The minimum Gasteiger partial charge on any atom is -0.478 e. The number of fused-ring (bicyclic) bond motifs is 1. The Labute approximate surface area is 109 Å². The molecular formula is C12H14N2O5. The molecule has 1 atom stereocenters. The van der Waals surface area contributed by atoms with Crippen LogP contribution in [0.5, 0.6) is 0 Å². The number of rotatable bonds is 3. The molecule has 0 spiro atoms. The van der Waals surface area contributed by atoms with Crippen molar-refractivity contribution >= 4 is 5.97 Å². The lowest BCUT2D eigenvalue weighted by atomic mass is 10.0. The smallest absolute Gasteiger partial charge is 0.337 e. The van der Waals surface area contributed by atoms with Crippen molar-refractivity contribution in [3.63, 3.8) is 0 Å². The number of hydrogen-bond donors (Lipinski definition) is 1. The van der Waals surface area contributed by atoms with E-state index >= 15 is 0 Å². The van der Waals surface area contributed by atoms with Crippen molar-refractivity contribution in [3.05, 3.63) is 38.7 Å². The predicted octanol–water partition coefficient (Wildman–Crippen LogP) is 2.06. The van der Waals surface area contributed by atoms with Gasteiger partial charge in [0.05, 0.1) is 17.0 Å². The maximum atomic E-state index is 11.1. The van der Waals surface area contributed by atoms with Crippen LogP contribution in [0.15, 0.2) is 6.07 Å². The molecule has 1 aromatic heterocycles. The standard InChI is InChI=1S/C12H14N2O5/c1-7-9(12(15)16)6-8-4-2-3-5-10(11(8)13-7)19-14(17)18/h6,10H,2-5H2,1H3,(H,15,16). The van der Waals surface area contributed by atoms with E-state index in [0.717, 1.165) is 18.4 Å². The third-order valence-corrected chi connectivity index (χ3v) is 3.24. The van der Waals surface area contributed by atoms with E-state index in [1.165, 1.54) is 0 Å². The molecule has 1 aromatic rings. The first kappa shape index (κ1) is 13.3. The Morgan fingerprint density at radius 2 is 2.32 bits per heavy atom. The second-order valence-corrected chi connectivity index (χ2v) is 4.53. The van der Waals surface area contributed by atoms with Gasteiger partial charge in [0, 0.05) is 0 Å². The number of hydrogen-bond acceptors (Lipinski definition) is 5. The molecule has 0 aromatic carbocycles. The molecule has 7 heteroatoms. The lowest BCUT2D eigenvalue weighted by molar-refractivity contribution is -0.771. The van der Waals surface area contributed by atoms with Crippen molar-refractivity contribution in [2.75, 3.05) is 0 Å². The van der Waals surface area contributed by atoms with Gasteiger partial charge in [0.2, 0.25) is 0 Å². The van der Waals surface area contributed by atoms with Crippen molar-refractivity contribution in [2.45, 2.75) is 38.7 Å². The van der Waals surface area contributed by atoms with Gasteiger partial charge in [-0.2, -0.15) is 0 Å². The van der Waals surface area contributed by atoms with Crippen LogP contribution < -0.4 is 0 Å². The van der Waals surface area contributed by atoms with E-state index in [-0.39, 0.29) is 5.56 Å². The Balaban J connectivity index is 2.46. The first-order valence-electron chi connectivity index (χ1n) is 6.04.